The molecule has 0 spiro atoms. The first-order valence-electron chi connectivity index (χ1n) is 9.74. The van der Waals surface area contributed by atoms with Gasteiger partial charge in [-0.15, -0.1) is 0 Å². The van der Waals surface area contributed by atoms with Crippen molar-refractivity contribution in [3.05, 3.63) is 83.7 Å². The molecular weight excluding hydrogens is 455 g/mol. The lowest BCUT2D eigenvalue weighted by molar-refractivity contribution is 0.391. The second-order valence-electron chi connectivity index (χ2n) is 7.28. The minimum Gasteiger partial charge on any atom is -0.497 e. The second kappa shape index (κ2) is 8.53. The Morgan fingerprint density at radius 1 is 0.938 bits per heavy atom. The fourth-order valence-electron chi connectivity index (χ4n) is 3.57. The van der Waals surface area contributed by atoms with E-state index in [4.69, 9.17) is 4.74 Å². The highest BCUT2D eigenvalue weighted by atomic mass is 32.2. The number of rotatable bonds is 6. The van der Waals surface area contributed by atoms with Crippen LogP contribution in [0.1, 0.15) is 11.1 Å². The van der Waals surface area contributed by atoms with Crippen LogP contribution in [0, 0.1) is 5.82 Å². The van der Waals surface area contributed by atoms with Crippen molar-refractivity contribution >= 4 is 25.7 Å². The number of nitrogens with zero attached hydrogens (tertiary/aromatic N) is 1. The predicted molar refractivity (Wildman–Crippen MR) is 118 cm³/mol. The van der Waals surface area contributed by atoms with Crippen LogP contribution in [0.25, 0.3) is 0 Å². The van der Waals surface area contributed by atoms with E-state index in [0.717, 1.165) is 11.6 Å². The van der Waals surface area contributed by atoms with Crippen molar-refractivity contribution in [2.45, 2.75) is 22.8 Å². The topological polar surface area (TPSA) is 92.8 Å². The van der Waals surface area contributed by atoms with Crippen molar-refractivity contribution in [1.82, 2.24) is 4.31 Å². The molecule has 1 heterocycles. The van der Waals surface area contributed by atoms with Crippen LogP contribution in [0.5, 0.6) is 5.75 Å². The lowest BCUT2D eigenvalue weighted by atomic mass is 10.0. The smallest absolute Gasteiger partial charge is 0.264 e. The van der Waals surface area contributed by atoms with Gasteiger partial charge in [-0.1, -0.05) is 18.2 Å². The van der Waals surface area contributed by atoms with E-state index in [9.17, 15) is 21.2 Å². The molecule has 3 aromatic carbocycles. The molecule has 1 aliphatic rings. The van der Waals surface area contributed by atoms with Crippen LogP contribution in [-0.2, 0) is 33.0 Å². The Morgan fingerprint density at radius 2 is 1.66 bits per heavy atom. The van der Waals surface area contributed by atoms with Gasteiger partial charge in [-0.3, -0.25) is 4.72 Å². The van der Waals surface area contributed by atoms with E-state index in [1.54, 1.807) is 30.3 Å². The van der Waals surface area contributed by atoms with Crippen molar-refractivity contribution in [2.24, 2.45) is 0 Å². The summed E-state index contributed by atoms with van der Waals surface area (Å²) in [6.45, 7) is 0.403. The first-order valence-corrected chi connectivity index (χ1v) is 12.7. The Hall–Kier alpha value is -2.95. The maximum Gasteiger partial charge on any atom is 0.264 e. The second-order valence-corrected chi connectivity index (χ2v) is 10.9. The molecule has 10 heteroatoms. The maximum atomic E-state index is 14.0. The largest absolute Gasteiger partial charge is 0.497 e. The molecule has 0 aromatic heterocycles. The van der Waals surface area contributed by atoms with Crippen molar-refractivity contribution in [2.75, 3.05) is 18.4 Å². The van der Waals surface area contributed by atoms with E-state index in [1.807, 2.05) is 0 Å². The summed E-state index contributed by atoms with van der Waals surface area (Å²) in [5.41, 5.74) is 1.85. The van der Waals surface area contributed by atoms with Gasteiger partial charge in [-0.2, -0.15) is 4.31 Å². The van der Waals surface area contributed by atoms with Gasteiger partial charge in [0.05, 0.1) is 12.0 Å². The standard InChI is InChI=1S/C22H21FN2O5S2/c1-30-19-8-10-20(11-9-19)32(28,29)25-13-12-16-6-7-18(14-17(16)15-25)24-31(26,27)22-5-3-2-4-21(22)23/h2-11,14,24H,12-13,15H2,1H3. The van der Waals surface area contributed by atoms with Crippen LogP contribution in [-0.4, -0.2) is 34.8 Å². The van der Waals surface area contributed by atoms with Gasteiger partial charge in [0.2, 0.25) is 10.0 Å². The lowest BCUT2D eigenvalue weighted by Gasteiger charge is -2.28. The number of nitrogens with one attached hydrogen (secondary N) is 1. The molecule has 1 aliphatic heterocycles. The van der Waals surface area contributed by atoms with Gasteiger partial charge in [0.15, 0.2) is 0 Å². The van der Waals surface area contributed by atoms with Crippen molar-refractivity contribution < 1.29 is 26.0 Å². The molecule has 1 N–H and O–H groups in total. The summed E-state index contributed by atoms with van der Waals surface area (Å²) in [6, 6.07) is 16.2. The SMILES string of the molecule is COc1ccc(S(=O)(=O)N2CCc3ccc(NS(=O)(=O)c4ccccc4F)cc3C2)cc1. The third-order valence-electron chi connectivity index (χ3n) is 5.26. The van der Waals surface area contributed by atoms with Crippen molar-refractivity contribution in [1.29, 1.82) is 0 Å². The number of fused-ring (bicyclic) bond motifs is 1. The monoisotopic (exact) mass is 476 g/mol. The average Bonchev–Trinajstić information content (AvgIpc) is 2.78. The normalized spacial score (nSPS) is 14.6. The van der Waals surface area contributed by atoms with Gasteiger partial charge in [-0.25, -0.2) is 21.2 Å². The van der Waals surface area contributed by atoms with E-state index in [1.165, 1.54) is 41.7 Å². The quantitative estimate of drug-likeness (QED) is 0.589. The van der Waals surface area contributed by atoms with E-state index >= 15 is 0 Å². The van der Waals surface area contributed by atoms with Crippen LogP contribution < -0.4 is 9.46 Å². The van der Waals surface area contributed by atoms with E-state index in [2.05, 4.69) is 4.72 Å². The first-order chi connectivity index (χ1) is 15.2. The average molecular weight is 477 g/mol. The zero-order valence-corrected chi connectivity index (χ0v) is 18.8. The lowest BCUT2D eigenvalue weighted by Crippen LogP contribution is -2.36. The molecule has 0 unspecified atom stereocenters. The van der Waals surface area contributed by atoms with Crippen LogP contribution >= 0.6 is 0 Å². The molecule has 32 heavy (non-hydrogen) atoms. The molecule has 3 aromatic rings. The summed E-state index contributed by atoms with van der Waals surface area (Å²) in [5.74, 6) is -0.297. The number of hydrogen-bond donors (Lipinski definition) is 1. The molecule has 0 amide bonds. The summed E-state index contributed by atoms with van der Waals surface area (Å²) >= 11 is 0. The van der Waals surface area contributed by atoms with Crippen LogP contribution in [0.2, 0.25) is 0 Å². The van der Waals surface area contributed by atoms with Gasteiger partial charge in [-0.05, 0) is 66.1 Å². The molecule has 0 saturated carbocycles. The van der Waals surface area contributed by atoms with Gasteiger partial charge < -0.3 is 4.74 Å². The summed E-state index contributed by atoms with van der Waals surface area (Å²) in [6.07, 6.45) is 0.491. The van der Waals surface area contributed by atoms with Crippen LogP contribution in [0.4, 0.5) is 10.1 Å². The number of ether oxygens (including phenoxy) is 1. The van der Waals surface area contributed by atoms with Crippen molar-refractivity contribution in [3.8, 4) is 5.75 Å². The minimum atomic E-state index is -4.13. The van der Waals surface area contributed by atoms with Gasteiger partial charge >= 0.3 is 0 Å². The third-order valence-corrected chi connectivity index (χ3v) is 8.53. The Bertz CT molecular complexity index is 1360. The van der Waals surface area contributed by atoms with E-state index in [-0.39, 0.29) is 17.1 Å². The predicted octanol–water partition coefficient (Wildman–Crippen LogP) is 3.38. The number of methoxy groups -OCH3 is 1. The number of sulfonamides is 2. The molecule has 0 radical (unpaired) electrons. The Balaban J connectivity index is 1.58. The molecule has 7 nitrogen and oxygen atoms in total. The molecule has 0 aliphatic carbocycles. The number of anilines is 1. The third kappa shape index (κ3) is 4.34. The fraction of sp³-hybridized carbons (Fsp3) is 0.182. The van der Waals surface area contributed by atoms with E-state index < -0.39 is 30.8 Å². The molecule has 4 rings (SSSR count). The zero-order valence-electron chi connectivity index (χ0n) is 17.2. The van der Waals surface area contributed by atoms with Crippen LogP contribution in [0.3, 0.4) is 0 Å². The number of halogens is 1. The molecule has 0 atom stereocenters. The molecule has 168 valence electrons. The minimum absolute atomic E-state index is 0.0962. The summed E-state index contributed by atoms with van der Waals surface area (Å²) in [7, 11) is -6.36. The van der Waals surface area contributed by atoms with Gasteiger partial charge in [0.25, 0.3) is 10.0 Å². The summed E-state index contributed by atoms with van der Waals surface area (Å²) in [5, 5.41) is 0. The highest BCUT2D eigenvalue weighted by Crippen LogP contribution is 2.29. The highest BCUT2D eigenvalue weighted by Gasteiger charge is 2.29. The van der Waals surface area contributed by atoms with E-state index in [0.29, 0.717) is 24.3 Å². The summed E-state index contributed by atoms with van der Waals surface area (Å²) < 4.78 is 74.1. The fourth-order valence-corrected chi connectivity index (χ4v) is 6.12. The van der Waals surface area contributed by atoms with Crippen molar-refractivity contribution in [3.63, 3.8) is 0 Å². The highest BCUT2D eigenvalue weighted by molar-refractivity contribution is 7.92. The molecule has 0 fully saturated rings. The Morgan fingerprint density at radius 3 is 2.34 bits per heavy atom. The molecule has 0 saturated heterocycles. The number of benzene rings is 3. The molecular formula is C22H21FN2O5S2. The maximum absolute atomic E-state index is 14.0. The summed E-state index contributed by atoms with van der Waals surface area (Å²) in [4.78, 5) is -0.306. The Kier molecular flexibility index (Phi) is 5.93. The zero-order chi connectivity index (χ0) is 22.9. The van der Waals surface area contributed by atoms with Gasteiger partial charge in [0.1, 0.15) is 16.5 Å². The van der Waals surface area contributed by atoms with Gasteiger partial charge in [0, 0.05) is 18.8 Å². The number of hydrogen-bond acceptors (Lipinski definition) is 5. The van der Waals surface area contributed by atoms with Crippen LogP contribution in [0.15, 0.2) is 76.5 Å². The first kappa shape index (κ1) is 22.3. The Labute approximate surface area is 186 Å². The molecule has 0 bridgehead atoms.